The van der Waals surface area contributed by atoms with Crippen LogP contribution in [0.3, 0.4) is 0 Å². The highest BCUT2D eigenvalue weighted by Gasteiger charge is 2.38. The second-order valence-corrected chi connectivity index (χ2v) is 8.76. The lowest BCUT2D eigenvalue weighted by Crippen LogP contribution is -2.39. The van der Waals surface area contributed by atoms with E-state index in [2.05, 4.69) is 16.0 Å². The Balaban J connectivity index is 0.000000479. The number of fused-ring (bicyclic) bond motifs is 1. The van der Waals surface area contributed by atoms with Gasteiger partial charge in [-0.1, -0.05) is 12.1 Å². The zero-order chi connectivity index (χ0) is 26.8. The summed E-state index contributed by atoms with van der Waals surface area (Å²) in [5, 5.41) is 19.0. The van der Waals surface area contributed by atoms with Gasteiger partial charge in [0.05, 0.1) is 17.8 Å². The second kappa shape index (κ2) is 12.9. The molecule has 0 bridgehead atoms. The van der Waals surface area contributed by atoms with Crippen LogP contribution in [0.15, 0.2) is 41.2 Å². The molecule has 1 N–H and O–H groups in total. The van der Waals surface area contributed by atoms with Crippen molar-refractivity contribution < 1.29 is 37.3 Å². The number of likely N-dealkylation sites (tertiary alicyclic amines) is 1. The summed E-state index contributed by atoms with van der Waals surface area (Å²) >= 11 is 1.49. The molecule has 0 saturated carbocycles. The van der Waals surface area contributed by atoms with Gasteiger partial charge in [0.2, 0.25) is 0 Å². The van der Waals surface area contributed by atoms with Crippen LogP contribution in [0, 0.1) is 17.2 Å². The number of hydrogen-bond donors (Lipinski definition) is 1. The van der Waals surface area contributed by atoms with Crippen molar-refractivity contribution in [1.29, 1.82) is 5.26 Å². The molecular weight excluding hydrogens is 513 g/mol. The Morgan fingerprint density at radius 2 is 1.95 bits per heavy atom. The largest absolute Gasteiger partial charge is 0.491 e. The van der Waals surface area contributed by atoms with Crippen molar-refractivity contribution in [2.45, 2.75) is 32.0 Å². The average molecular weight is 537 g/mol. The van der Waals surface area contributed by atoms with Gasteiger partial charge in [0.15, 0.2) is 0 Å². The van der Waals surface area contributed by atoms with Crippen molar-refractivity contribution in [2.75, 3.05) is 19.7 Å². The van der Waals surface area contributed by atoms with Gasteiger partial charge in [0.25, 0.3) is 0 Å². The molecule has 37 heavy (non-hydrogen) atoms. The van der Waals surface area contributed by atoms with Gasteiger partial charge in [0, 0.05) is 23.9 Å². The Labute approximate surface area is 214 Å². The normalized spacial score (nSPS) is 13.8. The molecule has 13 heteroatoms. The Morgan fingerprint density at radius 1 is 1.22 bits per heavy atom. The number of nitrogens with zero attached hydrogens (tertiary/aromatic N) is 4. The molecule has 196 valence electrons. The zero-order valence-electron chi connectivity index (χ0n) is 19.5. The number of carboxylic acids is 1. The Kier molecular flexibility index (Phi) is 9.62. The predicted molar refractivity (Wildman–Crippen MR) is 127 cm³/mol. The van der Waals surface area contributed by atoms with Crippen LogP contribution >= 0.6 is 11.3 Å². The van der Waals surface area contributed by atoms with E-state index in [0.717, 1.165) is 30.3 Å². The zero-order valence-corrected chi connectivity index (χ0v) is 20.3. The van der Waals surface area contributed by atoms with Crippen LogP contribution in [0.25, 0.3) is 10.9 Å². The highest BCUT2D eigenvalue weighted by Crippen LogP contribution is 2.26. The number of nitriles is 1. The summed E-state index contributed by atoms with van der Waals surface area (Å²) in [5.41, 5.74) is 3.61. The third-order valence-corrected chi connectivity index (χ3v) is 6.16. The highest BCUT2D eigenvalue weighted by molar-refractivity contribution is 7.07. The van der Waals surface area contributed by atoms with Gasteiger partial charge in [-0.05, 0) is 43.4 Å². The van der Waals surface area contributed by atoms with E-state index in [4.69, 9.17) is 24.6 Å². The number of carbonyl (C=O) groups is 2. The maximum atomic E-state index is 12.2. The van der Waals surface area contributed by atoms with E-state index in [-0.39, 0.29) is 12.7 Å². The number of carboxylic acid groups (broad SMARTS) is 1. The number of halogens is 3. The van der Waals surface area contributed by atoms with Crippen LogP contribution in [0.2, 0.25) is 0 Å². The smallest absolute Gasteiger partial charge is 0.490 e. The van der Waals surface area contributed by atoms with Crippen molar-refractivity contribution in [2.24, 2.45) is 5.92 Å². The summed E-state index contributed by atoms with van der Waals surface area (Å²) in [6.07, 6.45) is -2.58. The average Bonchev–Trinajstić information content (AvgIpc) is 3.41. The van der Waals surface area contributed by atoms with E-state index in [9.17, 15) is 18.0 Å². The molecule has 3 heterocycles. The van der Waals surface area contributed by atoms with Gasteiger partial charge >= 0.3 is 18.2 Å². The lowest BCUT2D eigenvalue weighted by molar-refractivity contribution is -0.192. The lowest BCUT2D eigenvalue weighted by Gasteiger charge is -2.31. The van der Waals surface area contributed by atoms with Gasteiger partial charge in [0.1, 0.15) is 29.6 Å². The minimum atomic E-state index is -5.08. The number of rotatable bonds is 6. The van der Waals surface area contributed by atoms with Crippen LogP contribution in [0.4, 0.5) is 18.0 Å². The van der Waals surface area contributed by atoms with E-state index < -0.39 is 12.1 Å². The monoisotopic (exact) mass is 536 g/mol. The fourth-order valence-electron chi connectivity index (χ4n) is 3.57. The minimum absolute atomic E-state index is 0.225. The first kappa shape index (κ1) is 27.7. The van der Waals surface area contributed by atoms with E-state index in [1.165, 1.54) is 11.3 Å². The summed E-state index contributed by atoms with van der Waals surface area (Å²) < 4.78 is 43.1. The number of carbonyl (C=O) groups excluding carboxylic acids is 1. The van der Waals surface area contributed by atoms with Crippen LogP contribution in [-0.4, -0.2) is 57.9 Å². The van der Waals surface area contributed by atoms with E-state index >= 15 is 0 Å². The standard InChI is InChI=1S/C22H22N4O3S.C2HF3O2/c23-12-18-5-4-17-2-1-3-20(21(17)25-18)28-11-8-16-6-9-26(10-7-16)22(27)29-13-19-14-30-15-24-19;3-2(4,5)1(6)7/h1-5,14-16H,6-11,13H2;(H,6,7). The molecule has 1 aromatic carbocycles. The molecule has 1 saturated heterocycles. The minimum Gasteiger partial charge on any atom is -0.491 e. The molecule has 0 spiro atoms. The molecule has 9 nitrogen and oxygen atoms in total. The third-order valence-electron chi connectivity index (χ3n) is 5.52. The molecule has 1 amide bonds. The summed E-state index contributed by atoms with van der Waals surface area (Å²) in [6.45, 7) is 2.20. The van der Waals surface area contributed by atoms with Gasteiger partial charge in [-0.25, -0.2) is 19.6 Å². The molecule has 4 rings (SSSR count). The van der Waals surface area contributed by atoms with Gasteiger partial charge in [-0.3, -0.25) is 0 Å². The number of amides is 1. The molecule has 1 fully saturated rings. The second-order valence-electron chi connectivity index (χ2n) is 8.04. The maximum Gasteiger partial charge on any atom is 0.490 e. The topological polar surface area (TPSA) is 126 Å². The maximum absolute atomic E-state index is 12.2. The lowest BCUT2D eigenvalue weighted by atomic mass is 9.94. The number of aromatic nitrogens is 2. The number of piperidine rings is 1. The predicted octanol–water partition coefficient (Wildman–Crippen LogP) is 5.01. The summed E-state index contributed by atoms with van der Waals surface area (Å²) in [4.78, 5) is 31.4. The molecule has 1 aliphatic rings. The number of aliphatic carboxylic acids is 1. The Hall–Kier alpha value is -3.92. The molecule has 0 atom stereocenters. The van der Waals surface area contributed by atoms with E-state index in [1.807, 2.05) is 29.6 Å². The highest BCUT2D eigenvalue weighted by atomic mass is 32.1. The summed E-state index contributed by atoms with van der Waals surface area (Å²) in [7, 11) is 0. The van der Waals surface area contributed by atoms with Crippen LogP contribution < -0.4 is 4.74 Å². The third kappa shape index (κ3) is 8.32. The molecule has 0 radical (unpaired) electrons. The summed E-state index contributed by atoms with van der Waals surface area (Å²) in [6, 6.07) is 11.4. The number of benzene rings is 1. The Bertz CT molecular complexity index is 1240. The number of thiazole rings is 1. The first-order valence-electron chi connectivity index (χ1n) is 11.2. The van der Waals surface area contributed by atoms with Gasteiger partial charge in [-0.15, -0.1) is 11.3 Å². The molecule has 3 aromatic rings. The van der Waals surface area contributed by atoms with Gasteiger partial charge < -0.3 is 19.5 Å². The van der Waals surface area contributed by atoms with Crippen molar-refractivity contribution >= 4 is 34.3 Å². The van der Waals surface area contributed by atoms with Crippen LogP contribution in [0.5, 0.6) is 5.75 Å². The van der Waals surface area contributed by atoms with Crippen molar-refractivity contribution in [3.63, 3.8) is 0 Å². The fraction of sp³-hybridized carbons (Fsp3) is 0.375. The van der Waals surface area contributed by atoms with E-state index in [0.29, 0.717) is 42.6 Å². The van der Waals surface area contributed by atoms with Crippen LogP contribution in [0.1, 0.15) is 30.7 Å². The SMILES string of the molecule is N#Cc1ccc2cccc(OCCC3CCN(C(=O)OCc4cscn4)CC3)c2n1.O=C(O)C(F)(F)F. The van der Waals surface area contributed by atoms with E-state index in [1.54, 1.807) is 16.5 Å². The summed E-state index contributed by atoms with van der Waals surface area (Å²) in [5.74, 6) is -1.55. The molecule has 0 aliphatic carbocycles. The van der Waals surface area contributed by atoms with Crippen molar-refractivity contribution in [1.82, 2.24) is 14.9 Å². The molecule has 1 aliphatic heterocycles. The first-order chi connectivity index (χ1) is 17.7. The van der Waals surface area contributed by atoms with Crippen molar-refractivity contribution in [3.8, 4) is 11.8 Å². The van der Waals surface area contributed by atoms with Crippen molar-refractivity contribution in [3.05, 3.63) is 52.6 Å². The van der Waals surface area contributed by atoms with Gasteiger partial charge in [-0.2, -0.15) is 18.4 Å². The number of hydrogen-bond acceptors (Lipinski definition) is 8. The number of para-hydroxylation sites is 1. The first-order valence-corrected chi connectivity index (χ1v) is 12.1. The van der Waals surface area contributed by atoms with Crippen LogP contribution in [-0.2, 0) is 16.1 Å². The number of ether oxygens (including phenoxy) is 2. The quantitative estimate of drug-likeness (QED) is 0.466. The molecule has 2 aromatic heterocycles. The Morgan fingerprint density at radius 3 is 2.57 bits per heavy atom. The number of alkyl halides is 3. The fourth-order valence-corrected chi connectivity index (χ4v) is 4.12. The molecule has 0 unspecified atom stereocenters. The number of pyridine rings is 1. The molecular formula is C24H23F3N4O5S.